The van der Waals surface area contributed by atoms with Gasteiger partial charge in [-0.1, -0.05) is 6.07 Å². The largest absolute Gasteiger partial charge is 0.487 e. The van der Waals surface area contributed by atoms with E-state index in [2.05, 4.69) is 31.0 Å². The molecule has 3 aliphatic heterocycles. The third-order valence-electron chi connectivity index (χ3n) is 14.5. The van der Waals surface area contributed by atoms with Crippen molar-refractivity contribution in [2.24, 2.45) is 10.7 Å². The molecule has 93 heavy (non-hydrogen) atoms. The summed E-state index contributed by atoms with van der Waals surface area (Å²) in [7, 11) is -4.27. The van der Waals surface area contributed by atoms with Gasteiger partial charge >= 0.3 is 23.5 Å². The number of nitrogens with zero attached hydrogens (tertiary/aromatic N) is 2. The quantitative estimate of drug-likeness (QED) is 0.0101. The van der Waals surface area contributed by atoms with Crippen molar-refractivity contribution in [2.75, 3.05) is 66.0 Å². The highest BCUT2D eigenvalue weighted by molar-refractivity contribution is 7.90. The summed E-state index contributed by atoms with van der Waals surface area (Å²) in [5.41, 5.74) is 7.99. The number of thiophene rings is 1. The molecule has 4 amide bonds. The van der Waals surface area contributed by atoms with E-state index in [0.29, 0.717) is 101 Å². The molecule has 4 aromatic rings. The first-order chi connectivity index (χ1) is 43.5. The van der Waals surface area contributed by atoms with Gasteiger partial charge in [-0.3, -0.25) is 33.8 Å². The van der Waals surface area contributed by atoms with E-state index in [9.17, 15) is 42.0 Å². The predicted molar refractivity (Wildman–Crippen MR) is 343 cm³/mol. The Morgan fingerprint density at radius 2 is 1.45 bits per heavy atom. The van der Waals surface area contributed by atoms with Gasteiger partial charge in [-0.2, -0.15) is 4.58 Å². The van der Waals surface area contributed by atoms with Crippen molar-refractivity contribution in [3.05, 3.63) is 57.5 Å². The van der Waals surface area contributed by atoms with Crippen molar-refractivity contribution < 1.29 is 89.0 Å². The van der Waals surface area contributed by atoms with Crippen LogP contribution in [0.5, 0.6) is 23.0 Å². The second-order valence-electron chi connectivity index (χ2n) is 26.3. The number of sulfonamides is 1. The van der Waals surface area contributed by atoms with Crippen LogP contribution in [0.25, 0.3) is 21.4 Å². The minimum Gasteiger partial charge on any atom is -0.487 e. The van der Waals surface area contributed by atoms with Gasteiger partial charge in [0.2, 0.25) is 36.4 Å². The van der Waals surface area contributed by atoms with Crippen molar-refractivity contribution in [1.82, 2.24) is 30.6 Å². The molecule has 3 atom stereocenters. The van der Waals surface area contributed by atoms with Crippen LogP contribution >= 0.6 is 11.3 Å². The first-order valence-corrected chi connectivity index (χ1v) is 33.1. The molecule has 1 saturated heterocycles. The number of rotatable bonds is 25. The standard InChI is InChI=1S/C64H88N8O19S2/c1-36-37(2)56(38(3)40-31-64(13,14)90-53(36)40)93(80,81)71-60(65)66-21-15-16-42(57(77)67-32-49(74)69-43(29-52(76)89-62(7,8)9)58(78)70-44(33-87-61(4,5)6)59(79)91-63(10,11)12)68-48(73)19-20-51(75)86-35-85-47-30-50(72-22-24-82-25-23-72)88-54-41(34-92-55(47)54)39-17-18-45-46(28-39)84-27-26-83-45/h17-18,28,30,34,42-44H,15-16,19-27,29,31-33,35H2,1-14H3,(H6-,65,66,67,68,69,70,71,73,74,77,78)/p+1/t42?,43-,44?/m0/s1. The third kappa shape index (κ3) is 20.7. The highest BCUT2D eigenvalue weighted by Gasteiger charge is 2.38. The van der Waals surface area contributed by atoms with Gasteiger partial charge in [0.15, 0.2) is 42.0 Å². The molecule has 0 saturated carbocycles. The SMILES string of the molecule is Cc1c(C)c(S(=O)(=O)NC(N)=NCCCC(NC(=O)CCC(=O)OCOc2cc(=[N+]3CCOCC3)oc3c(-c4ccc5c(c4)OCCO5)csc23)C(=O)NCC(=O)N[C@@H](CC(=O)OC(C)(C)C)C(=O)NC(COC(C)(C)C)C(=O)OC(C)(C)C)c(C)c2c1OC(C)(C)C2. The van der Waals surface area contributed by atoms with E-state index >= 15 is 0 Å². The van der Waals surface area contributed by atoms with Crippen molar-refractivity contribution in [1.29, 1.82) is 0 Å². The highest BCUT2D eigenvalue weighted by Crippen LogP contribution is 2.44. The summed E-state index contributed by atoms with van der Waals surface area (Å²) in [6.45, 7) is 25.1. The fourth-order valence-electron chi connectivity index (χ4n) is 10.2. The number of guanidine groups is 1. The van der Waals surface area contributed by atoms with Gasteiger partial charge in [0, 0.05) is 35.9 Å². The lowest BCUT2D eigenvalue weighted by Gasteiger charge is -2.28. The summed E-state index contributed by atoms with van der Waals surface area (Å²) in [6, 6.07) is 2.91. The van der Waals surface area contributed by atoms with Crippen LogP contribution in [0.3, 0.4) is 0 Å². The molecule has 0 spiro atoms. The van der Waals surface area contributed by atoms with Gasteiger partial charge < -0.3 is 74.0 Å². The fraction of sp³-hybridized carbons (Fsp3) is 0.578. The Kier molecular flexibility index (Phi) is 23.6. The van der Waals surface area contributed by atoms with Crippen LogP contribution in [-0.2, 0) is 73.7 Å². The van der Waals surface area contributed by atoms with Gasteiger partial charge in [0.25, 0.3) is 10.0 Å². The Hall–Kier alpha value is -8.02. The van der Waals surface area contributed by atoms with E-state index in [1.54, 1.807) is 89.2 Å². The number of aliphatic imine (C=N–C) groups is 1. The number of amides is 4. The van der Waals surface area contributed by atoms with Crippen molar-refractivity contribution in [3.8, 4) is 34.1 Å². The summed E-state index contributed by atoms with van der Waals surface area (Å²) >= 11 is 1.36. The Balaban J connectivity index is 1.03. The number of fused-ring (bicyclic) bond motifs is 3. The Morgan fingerprint density at radius 3 is 2.13 bits per heavy atom. The predicted octanol–water partition coefficient (Wildman–Crippen LogP) is 4.57. The molecule has 7 rings (SSSR count). The van der Waals surface area contributed by atoms with E-state index in [1.165, 1.54) is 11.3 Å². The number of morpholine rings is 1. The van der Waals surface area contributed by atoms with Crippen molar-refractivity contribution >= 4 is 79.1 Å². The number of nitrogens with two attached hydrogens (primary N) is 1. The van der Waals surface area contributed by atoms with Crippen LogP contribution in [-0.4, -0.2) is 162 Å². The van der Waals surface area contributed by atoms with Gasteiger partial charge in [0.05, 0.1) is 42.6 Å². The number of benzene rings is 2. The summed E-state index contributed by atoms with van der Waals surface area (Å²) in [4.78, 5) is 99.5. The molecule has 0 bridgehead atoms. The maximum absolute atomic E-state index is 14.1. The smallest absolute Gasteiger partial charge is 0.371 e. The van der Waals surface area contributed by atoms with Crippen LogP contribution < -0.4 is 60.8 Å². The molecular formula is C64H89N8O19S2+. The second kappa shape index (κ2) is 30.4. The molecule has 29 heteroatoms. The highest BCUT2D eigenvalue weighted by atomic mass is 32.2. The van der Waals surface area contributed by atoms with E-state index < -0.39 is 131 Å². The second-order valence-corrected chi connectivity index (χ2v) is 28.8. The lowest BCUT2D eigenvalue weighted by molar-refractivity contribution is -0.162. The van der Waals surface area contributed by atoms with Crippen LogP contribution in [0.4, 0.5) is 0 Å². The minimum atomic E-state index is -4.27. The Morgan fingerprint density at radius 1 is 0.774 bits per heavy atom. The number of hydrogen-bond donors (Lipinski definition) is 6. The van der Waals surface area contributed by atoms with E-state index in [1.807, 2.05) is 42.0 Å². The number of ether oxygens (including phenoxy) is 9. The van der Waals surface area contributed by atoms with Gasteiger partial charge in [-0.05, 0) is 144 Å². The zero-order chi connectivity index (χ0) is 68.4. The van der Waals surface area contributed by atoms with Crippen LogP contribution in [0, 0.1) is 20.8 Å². The Bertz CT molecular complexity index is 3680. The molecule has 2 aromatic heterocycles. The molecule has 0 aliphatic carbocycles. The maximum Gasteiger partial charge on any atom is 0.371 e. The molecule has 3 aliphatic rings. The monoisotopic (exact) mass is 1340 g/mol. The topological polar surface area (TPSA) is 351 Å². The molecule has 510 valence electrons. The zero-order valence-electron chi connectivity index (χ0n) is 55.5. The Labute approximate surface area is 545 Å². The van der Waals surface area contributed by atoms with Crippen LogP contribution in [0.1, 0.15) is 131 Å². The van der Waals surface area contributed by atoms with Gasteiger partial charge in [-0.25, -0.2) is 17.9 Å². The van der Waals surface area contributed by atoms with Gasteiger partial charge in [-0.15, -0.1) is 11.3 Å². The molecular weight excluding hydrogens is 1250 g/mol. The maximum atomic E-state index is 14.1. The third-order valence-corrected chi connectivity index (χ3v) is 17.1. The molecule has 27 nitrogen and oxygen atoms in total. The molecule has 0 radical (unpaired) electrons. The van der Waals surface area contributed by atoms with Crippen LogP contribution in [0.15, 0.2) is 44.0 Å². The van der Waals surface area contributed by atoms with Crippen molar-refractivity contribution in [3.63, 3.8) is 0 Å². The molecule has 2 aromatic carbocycles. The summed E-state index contributed by atoms with van der Waals surface area (Å²) in [5, 5.41) is 11.9. The number of esters is 3. The lowest BCUT2D eigenvalue weighted by Crippen LogP contribution is -2.56. The number of carbonyl (C=O) groups excluding carboxylic acids is 7. The number of hydrogen-bond acceptors (Lipinski definition) is 21. The number of carbonyl (C=O) groups is 7. The normalized spacial score (nSPS) is 15.8. The average molecular weight is 1340 g/mol. The number of nitrogens with one attached hydrogen (secondary N) is 5. The van der Waals surface area contributed by atoms with E-state index in [4.69, 9.17) is 52.8 Å². The first kappa shape index (κ1) is 72.4. The summed E-state index contributed by atoms with van der Waals surface area (Å²) in [5.74, 6) is -4.33. The van der Waals surface area contributed by atoms with E-state index in [0.717, 1.165) is 16.7 Å². The molecule has 1 fully saturated rings. The molecule has 5 heterocycles. The average Bonchev–Trinajstić information content (AvgIpc) is 1.67. The van der Waals surface area contributed by atoms with Gasteiger partial charge in [0.1, 0.15) is 65.8 Å². The molecule has 2 unspecified atom stereocenters. The van der Waals surface area contributed by atoms with Crippen LogP contribution in [0.2, 0.25) is 0 Å². The minimum absolute atomic E-state index is 0.0143. The lowest BCUT2D eigenvalue weighted by atomic mass is 9.94. The zero-order valence-corrected chi connectivity index (χ0v) is 57.1. The summed E-state index contributed by atoms with van der Waals surface area (Å²) in [6.07, 6.45) is -1.27. The summed E-state index contributed by atoms with van der Waals surface area (Å²) < 4.78 is 91.0. The van der Waals surface area contributed by atoms with Crippen molar-refractivity contribution in [2.45, 2.75) is 181 Å². The first-order valence-electron chi connectivity index (χ1n) is 30.8. The molecule has 7 N–H and O–H groups in total. The fourth-order valence-corrected chi connectivity index (χ4v) is 12.7. The van der Waals surface area contributed by atoms with E-state index in [-0.39, 0.29) is 30.9 Å².